The highest BCUT2D eigenvalue weighted by molar-refractivity contribution is 7.22. The highest BCUT2D eigenvalue weighted by Gasteiger charge is 2.16. The van der Waals surface area contributed by atoms with E-state index in [1.54, 1.807) is 18.2 Å². The molecule has 0 aliphatic heterocycles. The van der Waals surface area contributed by atoms with Gasteiger partial charge in [0.1, 0.15) is 17.4 Å². The van der Waals surface area contributed by atoms with Crippen LogP contribution in [0, 0.1) is 5.41 Å². The van der Waals surface area contributed by atoms with Gasteiger partial charge in [-0.05, 0) is 25.1 Å². The fraction of sp³-hybridized carbons (Fsp3) is 0.118. The number of hydrogen-bond donors (Lipinski definition) is 3. The minimum atomic E-state index is -0.0889. The maximum atomic E-state index is 7.76. The summed E-state index contributed by atoms with van der Waals surface area (Å²) in [6, 6.07) is 13.1. The Morgan fingerprint density at radius 1 is 1.21 bits per heavy atom. The topological polar surface area (TPSA) is 110 Å². The number of benzene rings is 2. The molecule has 0 atom stereocenters. The zero-order valence-corrected chi connectivity index (χ0v) is 13.9. The molecular weight excluding hydrogens is 322 g/mol. The Kier molecular flexibility index (Phi) is 4.43. The second-order valence-corrected chi connectivity index (χ2v) is 6.00. The molecular formula is C17H17N5OS. The maximum Gasteiger partial charge on any atom is 0.212 e. The number of fused-ring (bicyclic) bond motifs is 1. The van der Waals surface area contributed by atoms with Crippen LogP contribution in [0.2, 0.25) is 0 Å². The Morgan fingerprint density at radius 3 is 2.71 bits per heavy atom. The molecule has 0 saturated heterocycles. The SMILES string of the molecule is CCOc1cccc(C(=N)N)c1/C(N)=N/c1nc2ccccc2s1. The zero-order valence-electron chi connectivity index (χ0n) is 13.1. The van der Waals surface area contributed by atoms with Crippen LogP contribution in [0.25, 0.3) is 10.2 Å². The first-order chi connectivity index (χ1) is 11.6. The van der Waals surface area contributed by atoms with E-state index in [1.807, 2.05) is 31.2 Å². The average molecular weight is 339 g/mol. The molecule has 0 aliphatic rings. The number of nitrogen functional groups attached to an aromatic ring is 1. The minimum absolute atomic E-state index is 0.0889. The molecule has 6 nitrogen and oxygen atoms in total. The fourth-order valence-electron chi connectivity index (χ4n) is 2.36. The third-order valence-electron chi connectivity index (χ3n) is 3.37. The molecule has 0 bridgehead atoms. The number of para-hydroxylation sites is 1. The number of nitrogens with one attached hydrogen (secondary N) is 1. The monoisotopic (exact) mass is 339 g/mol. The third-order valence-corrected chi connectivity index (χ3v) is 4.30. The van der Waals surface area contributed by atoms with E-state index in [1.165, 1.54) is 11.3 Å². The van der Waals surface area contributed by atoms with Gasteiger partial charge in [-0.15, -0.1) is 0 Å². The van der Waals surface area contributed by atoms with Crippen molar-refractivity contribution < 1.29 is 4.74 Å². The lowest BCUT2D eigenvalue weighted by atomic mass is 10.0. The van der Waals surface area contributed by atoms with Gasteiger partial charge < -0.3 is 16.2 Å². The van der Waals surface area contributed by atoms with Crippen LogP contribution in [0.4, 0.5) is 5.13 Å². The first-order valence-electron chi connectivity index (χ1n) is 7.40. The molecule has 0 amide bonds. The molecule has 2 aromatic carbocycles. The minimum Gasteiger partial charge on any atom is -0.493 e. The largest absolute Gasteiger partial charge is 0.493 e. The summed E-state index contributed by atoms with van der Waals surface area (Å²) in [7, 11) is 0. The second kappa shape index (κ2) is 6.67. The van der Waals surface area contributed by atoms with E-state index >= 15 is 0 Å². The van der Waals surface area contributed by atoms with Crippen molar-refractivity contribution in [2.45, 2.75) is 6.92 Å². The molecule has 122 valence electrons. The summed E-state index contributed by atoms with van der Waals surface area (Å²) >= 11 is 1.45. The number of aromatic nitrogens is 1. The van der Waals surface area contributed by atoms with Crippen LogP contribution in [0.5, 0.6) is 5.75 Å². The number of thiazole rings is 1. The van der Waals surface area contributed by atoms with Crippen molar-refractivity contribution in [1.29, 1.82) is 5.41 Å². The van der Waals surface area contributed by atoms with Crippen LogP contribution in [-0.2, 0) is 0 Å². The summed E-state index contributed by atoms with van der Waals surface area (Å²) < 4.78 is 6.65. The van der Waals surface area contributed by atoms with Gasteiger partial charge in [-0.25, -0.2) is 9.98 Å². The molecule has 5 N–H and O–H groups in total. The molecule has 24 heavy (non-hydrogen) atoms. The summed E-state index contributed by atoms with van der Waals surface area (Å²) in [6.45, 7) is 2.36. The summed E-state index contributed by atoms with van der Waals surface area (Å²) in [6.07, 6.45) is 0. The molecule has 0 saturated carbocycles. The molecule has 0 spiro atoms. The maximum absolute atomic E-state index is 7.76. The van der Waals surface area contributed by atoms with Gasteiger partial charge in [0.05, 0.1) is 22.4 Å². The van der Waals surface area contributed by atoms with Gasteiger partial charge in [0.15, 0.2) is 0 Å². The third kappa shape index (κ3) is 3.07. The molecule has 0 radical (unpaired) electrons. The number of nitrogens with zero attached hydrogens (tertiary/aromatic N) is 2. The Balaban J connectivity index is 2.10. The van der Waals surface area contributed by atoms with Crippen LogP contribution < -0.4 is 16.2 Å². The smallest absolute Gasteiger partial charge is 0.212 e. The number of amidine groups is 2. The van der Waals surface area contributed by atoms with E-state index < -0.39 is 0 Å². The van der Waals surface area contributed by atoms with E-state index in [0.717, 1.165) is 10.2 Å². The summed E-state index contributed by atoms with van der Waals surface area (Å²) in [4.78, 5) is 8.88. The average Bonchev–Trinajstić information content (AvgIpc) is 2.96. The Bertz CT molecular complexity index is 899. The van der Waals surface area contributed by atoms with Crippen LogP contribution in [0.3, 0.4) is 0 Å². The standard InChI is InChI=1S/C17H17N5OS/c1-2-23-12-8-5-6-10(15(18)19)14(12)16(20)22-17-21-11-7-3-4-9-13(11)24-17/h3-9H,2H2,1H3,(H3,18,19)(H2,20,21,22). The van der Waals surface area contributed by atoms with E-state index in [4.69, 9.17) is 21.6 Å². The van der Waals surface area contributed by atoms with Gasteiger partial charge >= 0.3 is 0 Å². The first kappa shape index (κ1) is 15.9. The van der Waals surface area contributed by atoms with Crippen LogP contribution in [-0.4, -0.2) is 23.3 Å². The van der Waals surface area contributed by atoms with Crippen LogP contribution in [0.1, 0.15) is 18.1 Å². The van der Waals surface area contributed by atoms with Gasteiger partial charge in [0.25, 0.3) is 0 Å². The second-order valence-electron chi connectivity index (χ2n) is 4.99. The predicted molar refractivity (Wildman–Crippen MR) is 98.6 cm³/mol. The number of nitrogens with two attached hydrogens (primary N) is 2. The molecule has 0 unspecified atom stereocenters. The molecule has 3 aromatic rings. The quantitative estimate of drug-likeness (QED) is 0.490. The van der Waals surface area contributed by atoms with Gasteiger partial charge in [-0.1, -0.05) is 35.6 Å². The number of rotatable bonds is 5. The lowest BCUT2D eigenvalue weighted by Gasteiger charge is -2.13. The van der Waals surface area contributed by atoms with Gasteiger partial charge in [-0.3, -0.25) is 5.41 Å². The van der Waals surface area contributed by atoms with Crippen LogP contribution >= 0.6 is 11.3 Å². The highest BCUT2D eigenvalue weighted by atomic mass is 32.1. The molecule has 0 aliphatic carbocycles. The molecule has 3 rings (SSSR count). The van der Waals surface area contributed by atoms with Crippen molar-refractivity contribution in [3.05, 3.63) is 53.6 Å². The van der Waals surface area contributed by atoms with Crippen molar-refractivity contribution in [2.24, 2.45) is 16.5 Å². The van der Waals surface area contributed by atoms with E-state index in [9.17, 15) is 0 Å². The zero-order chi connectivity index (χ0) is 17.1. The Hall–Kier alpha value is -2.93. The summed E-state index contributed by atoms with van der Waals surface area (Å²) in [5.41, 5.74) is 13.8. The van der Waals surface area contributed by atoms with Crippen molar-refractivity contribution in [3.63, 3.8) is 0 Å². The Morgan fingerprint density at radius 2 is 2.00 bits per heavy atom. The summed E-state index contributed by atoms with van der Waals surface area (Å²) in [5.74, 6) is 0.685. The van der Waals surface area contributed by atoms with Gasteiger partial charge in [0, 0.05) is 5.56 Å². The fourth-order valence-corrected chi connectivity index (χ4v) is 3.21. The molecule has 1 aromatic heterocycles. The predicted octanol–water partition coefficient (Wildman–Crippen LogP) is 3.02. The van der Waals surface area contributed by atoms with Crippen molar-refractivity contribution in [3.8, 4) is 5.75 Å². The van der Waals surface area contributed by atoms with E-state index in [0.29, 0.717) is 28.6 Å². The highest BCUT2D eigenvalue weighted by Crippen LogP contribution is 2.29. The number of hydrogen-bond acceptors (Lipinski definition) is 5. The summed E-state index contributed by atoms with van der Waals surface area (Å²) in [5, 5.41) is 8.32. The molecule has 7 heteroatoms. The number of ether oxygens (including phenoxy) is 1. The lowest BCUT2D eigenvalue weighted by Crippen LogP contribution is -2.22. The normalized spacial score (nSPS) is 11.6. The first-order valence-corrected chi connectivity index (χ1v) is 8.22. The van der Waals surface area contributed by atoms with E-state index in [-0.39, 0.29) is 11.7 Å². The van der Waals surface area contributed by atoms with Gasteiger partial charge in [-0.2, -0.15) is 0 Å². The van der Waals surface area contributed by atoms with Crippen LogP contribution in [0.15, 0.2) is 47.5 Å². The lowest BCUT2D eigenvalue weighted by molar-refractivity contribution is 0.339. The van der Waals surface area contributed by atoms with Crippen molar-refractivity contribution in [1.82, 2.24) is 4.98 Å². The molecule has 1 heterocycles. The Labute approximate surface area is 143 Å². The van der Waals surface area contributed by atoms with Crippen molar-refractivity contribution in [2.75, 3.05) is 6.61 Å². The molecule has 0 fully saturated rings. The van der Waals surface area contributed by atoms with Gasteiger partial charge in [0.2, 0.25) is 5.13 Å². The van der Waals surface area contributed by atoms with Crippen molar-refractivity contribution >= 4 is 38.4 Å². The number of aliphatic imine (C=N–C) groups is 1. The van der Waals surface area contributed by atoms with E-state index in [2.05, 4.69) is 9.98 Å².